The Hall–Kier alpha value is -2.28. The van der Waals surface area contributed by atoms with Gasteiger partial charge in [-0.15, -0.1) is 5.10 Å². The van der Waals surface area contributed by atoms with Crippen LogP contribution in [0.3, 0.4) is 0 Å². The van der Waals surface area contributed by atoms with Crippen molar-refractivity contribution in [1.82, 2.24) is 20.3 Å². The first-order chi connectivity index (χ1) is 9.15. The Kier molecular flexibility index (Phi) is 4.19. The van der Waals surface area contributed by atoms with E-state index in [0.29, 0.717) is 6.54 Å². The van der Waals surface area contributed by atoms with Gasteiger partial charge >= 0.3 is 0 Å². The fraction of sp³-hybridized carbons (Fsp3) is 0.333. The van der Waals surface area contributed by atoms with E-state index in [1.54, 1.807) is 16.8 Å². The molecular weight excluding hydrogens is 246 g/mol. The Balaban J connectivity index is 1.75. The van der Waals surface area contributed by atoms with Gasteiger partial charge in [0.2, 0.25) is 0 Å². The van der Waals surface area contributed by atoms with Gasteiger partial charge in [-0.1, -0.05) is 17.3 Å². The summed E-state index contributed by atoms with van der Waals surface area (Å²) in [5, 5.41) is 21.6. The Morgan fingerprint density at radius 1 is 1.37 bits per heavy atom. The lowest BCUT2D eigenvalue weighted by Gasteiger charge is -2.02. The van der Waals surface area contributed by atoms with Crippen molar-refractivity contribution in [3.8, 4) is 0 Å². The molecule has 0 unspecified atom stereocenters. The van der Waals surface area contributed by atoms with Crippen molar-refractivity contribution in [2.24, 2.45) is 7.05 Å². The highest BCUT2D eigenvalue weighted by atomic mass is 16.6. The van der Waals surface area contributed by atoms with Crippen LogP contribution < -0.4 is 5.32 Å². The first-order valence-corrected chi connectivity index (χ1v) is 5.94. The summed E-state index contributed by atoms with van der Waals surface area (Å²) < 4.78 is 1.66. The molecule has 2 rings (SSSR count). The van der Waals surface area contributed by atoms with Crippen LogP contribution in [0.4, 0.5) is 5.69 Å². The lowest BCUT2D eigenvalue weighted by molar-refractivity contribution is -0.384. The molecule has 0 saturated heterocycles. The summed E-state index contributed by atoms with van der Waals surface area (Å²) in [5.41, 5.74) is 2.08. The van der Waals surface area contributed by atoms with Crippen molar-refractivity contribution < 1.29 is 4.92 Å². The van der Waals surface area contributed by atoms with Gasteiger partial charge in [0.25, 0.3) is 5.69 Å². The minimum atomic E-state index is -0.393. The highest BCUT2D eigenvalue weighted by Gasteiger charge is 2.03. The summed E-state index contributed by atoms with van der Waals surface area (Å²) in [6, 6.07) is 6.61. The number of nitro benzene ring substituents is 1. The molecule has 0 aliphatic rings. The van der Waals surface area contributed by atoms with Gasteiger partial charge in [0.1, 0.15) is 0 Å². The highest BCUT2D eigenvalue weighted by Crippen LogP contribution is 2.11. The van der Waals surface area contributed by atoms with E-state index in [1.165, 1.54) is 12.1 Å². The SMILES string of the molecule is Cn1cc(CNCCc2ccc([N+](=O)[O-])cc2)nn1. The summed E-state index contributed by atoms with van der Waals surface area (Å²) in [5.74, 6) is 0. The van der Waals surface area contributed by atoms with Gasteiger partial charge in [0.15, 0.2) is 0 Å². The molecule has 0 saturated carbocycles. The van der Waals surface area contributed by atoms with E-state index in [-0.39, 0.29) is 5.69 Å². The van der Waals surface area contributed by atoms with Crippen molar-refractivity contribution >= 4 is 5.69 Å². The number of rotatable bonds is 6. The average Bonchev–Trinajstić information content (AvgIpc) is 2.81. The van der Waals surface area contributed by atoms with Crippen molar-refractivity contribution in [3.63, 3.8) is 0 Å². The number of nitro groups is 1. The van der Waals surface area contributed by atoms with E-state index >= 15 is 0 Å². The van der Waals surface area contributed by atoms with Crippen LogP contribution in [0.5, 0.6) is 0 Å². The number of hydrogen-bond donors (Lipinski definition) is 1. The van der Waals surface area contributed by atoms with Gasteiger partial charge in [-0.25, -0.2) is 0 Å². The second-order valence-electron chi connectivity index (χ2n) is 4.23. The van der Waals surface area contributed by atoms with E-state index in [1.807, 2.05) is 13.2 Å². The van der Waals surface area contributed by atoms with Gasteiger partial charge in [-0.3, -0.25) is 14.8 Å². The van der Waals surface area contributed by atoms with Crippen LogP contribution in [-0.4, -0.2) is 26.5 Å². The number of non-ortho nitro benzene ring substituents is 1. The van der Waals surface area contributed by atoms with Crippen LogP contribution in [0.15, 0.2) is 30.5 Å². The average molecular weight is 261 g/mol. The molecule has 0 fully saturated rings. The van der Waals surface area contributed by atoms with Crippen LogP contribution >= 0.6 is 0 Å². The molecule has 0 aliphatic carbocycles. The molecular formula is C12H15N5O2. The van der Waals surface area contributed by atoms with Crippen molar-refractivity contribution in [2.45, 2.75) is 13.0 Å². The van der Waals surface area contributed by atoms with Gasteiger partial charge in [-0.05, 0) is 18.5 Å². The van der Waals surface area contributed by atoms with Crippen molar-refractivity contribution in [3.05, 3.63) is 51.8 Å². The van der Waals surface area contributed by atoms with Crippen molar-refractivity contribution in [1.29, 1.82) is 0 Å². The zero-order valence-corrected chi connectivity index (χ0v) is 10.6. The standard InChI is InChI=1S/C12H15N5O2/c1-16-9-11(14-15-16)8-13-7-6-10-2-4-12(5-3-10)17(18)19/h2-5,9,13H,6-8H2,1H3. The summed E-state index contributed by atoms with van der Waals surface area (Å²) in [6.45, 7) is 1.45. The van der Waals surface area contributed by atoms with Gasteiger partial charge in [-0.2, -0.15) is 0 Å². The monoisotopic (exact) mass is 261 g/mol. The molecule has 1 aromatic carbocycles. The van der Waals surface area contributed by atoms with Crippen LogP contribution in [0.2, 0.25) is 0 Å². The topological polar surface area (TPSA) is 85.9 Å². The number of nitrogens with one attached hydrogen (secondary N) is 1. The third-order valence-corrected chi connectivity index (χ3v) is 2.69. The third-order valence-electron chi connectivity index (χ3n) is 2.69. The fourth-order valence-corrected chi connectivity index (χ4v) is 1.71. The maximum atomic E-state index is 10.5. The van der Waals surface area contributed by atoms with Crippen LogP contribution in [0, 0.1) is 10.1 Å². The molecule has 7 heteroatoms. The van der Waals surface area contributed by atoms with E-state index in [2.05, 4.69) is 15.6 Å². The number of nitrogens with zero attached hydrogens (tertiary/aromatic N) is 4. The summed E-state index contributed by atoms with van der Waals surface area (Å²) >= 11 is 0. The first kappa shape index (κ1) is 13.2. The van der Waals surface area contributed by atoms with Gasteiger partial charge < -0.3 is 5.32 Å². The highest BCUT2D eigenvalue weighted by molar-refractivity contribution is 5.32. The maximum absolute atomic E-state index is 10.5. The van der Waals surface area contributed by atoms with Crippen LogP contribution in [0.25, 0.3) is 0 Å². The maximum Gasteiger partial charge on any atom is 0.269 e. The van der Waals surface area contributed by atoms with Crippen LogP contribution in [-0.2, 0) is 20.0 Å². The lowest BCUT2D eigenvalue weighted by atomic mass is 10.1. The summed E-state index contributed by atoms with van der Waals surface area (Å²) in [4.78, 5) is 10.1. The molecule has 1 N–H and O–H groups in total. The predicted molar refractivity (Wildman–Crippen MR) is 69.5 cm³/mol. The molecule has 0 aliphatic heterocycles. The minimum Gasteiger partial charge on any atom is -0.311 e. The third kappa shape index (κ3) is 3.85. The zero-order chi connectivity index (χ0) is 13.7. The smallest absolute Gasteiger partial charge is 0.269 e. The molecule has 19 heavy (non-hydrogen) atoms. The number of hydrogen-bond acceptors (Lipinski definition) is 5. The van der Waals surface area contributed by atoms with E-state index < -0.39 is 4.92 Å². The number of aryl methyl sites for hydroxylation is 1. The second kappa shape index (κ2) is 6.05. The molecule has 0 radical (unpaired) electrons. The molecule has 0 bridgehead atoms. The van der Waals surface area contributed by atoms with E-state index in [0.717, 1.165) is 24.2 Å². The van der Waals surface area contributed by atoms with Gasteiger partial charge in [0, 0.05) is 31.9 Å². The zero-order valence-electron chi connectivity index (χ0n) is 10.6. The molecule has 1 aromatic heterocycles. The second-order valence-corrected chi connectivity index (χ2v) is 4.23. The van der Waals surface area contributed by atoms with Crippen molar-refractivity contribution in [2.75, 3.05) is 6.54 Å². The quantitative estimate of drug-likeness (QED) is 0.477. The lowest BCUT2D eigenvalue weighted by Crippen LogP contribution is -2.16. The van der Waals surface area contributed by atoms with Crippen LogP contribution in [0.1, 0.15) is 11.3 Å². The molecule has 0 atom stereocenters. The fourth-order valence-electron chi connectivity index (χ4n) is 1.71. The Bertz CT molecular complexity index is 550. The number of aromatic nitrogens is 3. The van der Waals surface area contributed by atoms with Gasteiger partial charge in [0.05, 0.1) is 10.6 Å². The summed E-state index contributed by atoms with van der Waals surface area (Å²) in [6.07, 6.45) is 2.68. The molecule has 1 heterocycles. The van der Waals surface area contributed by atoms with E-state index in [9.17, 15) is 10.1 Å². The first-order valence-electron chi connectivity index (χ1n) is 5.94. The Labute approximate surface area is 110 Å². The molecule has 0 amide bonds. The molecule has 7 nitrogen and oxygen atoms in total. The Morgan fingerprint density at radius 2 is 2.11 bits per heavy atom. The van der Waals surface area contributed by atoms with E-state index in [4.69, 9.17) is 0 Å². The largest absolute Gasteiger partial charge is 0.311 e. The molecule has 0 spiro atoms. The minimum absolute atomic E-state index is 0.122. The normalized spacial score (nSPS) is 10.6. The molecule has 2 aromatic rings. The Morgan fingerprint density at radius 3 is 2.68 bits per heavy atom. The molecule has 100 valence electrons. The predicted octanol–water partition coefficient (Wildman–Crippen LogP) is 1.06. The summed E-state index contributed by atoms with van der Waals surface area (Å²) in [7, 11) is 1.83. The number of benzene rings is 1.